The average Bonchev–Trinajstić information content (AvgIpc) is 3.34. The van der Waals surface area contributed by atoms with Gasteiger partial charge in [-0.25, -0.2) is 38.7 Å². The predicted molar refractivity (Wildman–Crippen MR) is 246 cm³/mol. The van der Waals surface area contributed by atoms with Crippen molar-refractivity contribution in [3.8, 4) is 0 Å². The van der Waals surface area contributed by atoms with Crippen molar-refractivity contribution in [3.63, 3.8) is 0 Å². The molecule has 8 rings (SSSR count). The molecule has 0 atom stereocenters. The van der Waals surface area contributed by atoms with Crippen molar-refractivity contribution in [2.24, 2.45) is 0 Å². The van der Waals surface area contributed by atoms with Crippen LogP contribution in [0.1, 0.15) is 43.8 Å². The number of carbonyl (C=O) groups excluding carboxylic acids is 2. The number of benzene rings is 2. The van der Waals surface area contributed by atoms with E-state index in [0.717, 1.165) is 36.7 Å². The molecule has 0 bridgehead atoms. The van der Waals surface area contributed by atoms with Gasteiger partial charge >= 0.3 is 12.4 Å². The second-order valence-corrected chi connectivity index (χ2v) is 16.7. The van der Waals surface area contributed by atoms with Gasteiger partial charge in [-0.3, -0.25) is 9.59 Å². The highest BCUT2D eigenvalue weighted by atomic mass is 79.9. The highest BCUT2D eigenvalue weighted by Crippen LogP contribution is 2.34. The third-order valence-electron chi connectivity index (χ3n) is 10.1. The van der Waals surface area contributed by atoms with E-state index < -0.39 is 46.9 Å². The first-order valence-corrected chi connectivity index (χ1v) is 22.4. The Morgan fingerprint density at radius 3 is 1.57 bits per heavy atom. The van der Waals surface area contributed by atoms with Crippen LogP contribution in [0.2, 0.25) is 0 Å². The SMILES string of the molecule is O=C(NCc1ncc(F)c(N2CCOCC2)n1)c1cc(Br)c(Nc2cccc(C(F)(F)F)c2)cn1.O=C(NCc1ncc(F)c(N2CCOCC2)n1)c1ncc(Nc2cccc(C(F)(F)F)c2)cc1Br. The number of carbonyl (C=O) groups is 2. The van der Waals surface area contributed by atoms with Crippen LogP contribution in [0.5, 0.6) is 0 Å². The average molecular weight is 1110 g/mol. The quantitative estimate of drug-likeness (QED) is 0.0855. The van der Waals surface area contributed by atoms with Crippen LogP contribution in [0.3, 0.4) is 0 Å². The van der Waals surface area contributed by atoms with Crippen LogP contribution >= 0.6 is 31.9 Å². The Labute approximate surface area is 409 Å². The summed E-state index contributed by atoms with van der Waals surface area (Å²) in [7, 11) is 0. The number of aromatic nitrogens is 6. The Morgan fingerprint density at radius 2 is 1.09 bits per heavy atom. The van der Waals surface area contributed by atoms with Crippen molar-refractivity contribution >= 4 is 78.1 Å². The van der Waals surface area contributed by atoms with Gasteiger partial charge in [0.15, 0.2) is 23.3 Å². The van der Waals surface area contributed by atoms with E-state index in [4.69, 9.17) is 9.47 Å². The highest BCUT2D eigenvalue weighted by molar-refractivity contribution is 9.11. The summed E-state index contributed by atoms with van der Waals surface area (Å²) < 4.78 is 117. The third kappa shape index (κ3) is 13.8. The first-order chi connectivity index (χ1) is 33.4. The molecule has 2 aromatic carbocycles. The van der Waals surface area contributed by atoms with E-state index in [-0.39, 0.29) is 59.1 Å². The third-order valence-corrected chi connectivity index (χ3v) is 11.3. The van der Waals surface area contributed by atoms with Crippen LogP contribution in [0.4, 0.5) is 69.5 Å². The lowest BCUT2D eigenvalue weighted by Gasteiger charge is -2.28. The number of ether oxygens (including phenoxy) is 2. The minimum absolute atomic E-state index is 0.0510. The Balaban J connectivity index is 0.000000206. The fourth-order valence-corrected chi connectivity index (χ4v) is 7.58. The molecule has 16 nitrogen and oxygen atoms in total. The molecule has 2 aliphatic heterocycles. The topological polar surface area (TPSA) is 185 Å². The molecule has 2 amide bonds. The van der Waals surface area contributed by atoms with E-state index in [1.54, 1.807) is 9.80 Å². The molecule has 0 saturated carbocycles. The van der Waals surface area contributed by atoms with E-state index >= 15 is 0 Å². The van der Waals surface area contributed by atoms with Crippen LogP contribution in [-0.2, 0) is 34.9 Å². The fraction of sp³-hybridized carbons (Fsp3) is 0.273. The molecule has 0 spiro atoms. The van der Waals surface area contributed by atoms with Gasteiger partial charge in [-0.2, -0.15) is 26.3 Å². The zero-order chi connectivity index (χ0) is 50.0. The molecule has 26 heteroatoms. The lowest BCUT2D eigenvalue weighted by atomic mass is 10.2. The summed E-state index contributed by atoms with van der Waals surface area (Å²) in [6.07, 6.45) is -4.17. The van der Waals surface area contributed by atoms with Crippen molar-refractivity contribution in [1.29, 1.82) is 0 Å². The van der Waals surface area contributed by atoms with Crippen molar-refractivity contribution in [3.05, 3.63) is 140 Å². The van der Waals surface area contributed by atoms with E-state index in [2.05, 4.69) is 83.0 Å². The second kappa shape index (κ2) is 22.9. The predicted octanol–water partition coefficient (Wildman–Crippen LogP) is 8.60. The summed E-state index contributed by atoms with van der Waals surface area (Å²) in [5.41, 5.74) is -0.285. The smallest absolute Gasteiger partial charge is 0.378 e. The number of nitrogens with zero attached hydrogens (tertiary/aromatic N) is 8. The number of rotatable bonds is 12. The molecule has 70 heavy (non-hydrogen) atoms. The van der Waals surface area contributed by atoms with Gasteiger partial charge < -0.3 is 40.5 Å². The van der Waals surface area contributed by atoms with Gasteiger partial charge in [-0.1, -0.05) is 12.1 Å². The standard InChI is InChI=1S/2C22H19BrF4N6O2/c23-15-9-17(28-11-18(15)31-14-3-1-2-13(8-14)22(25,26)27)21(34)30-12-19-29-10-16(24)20(32-19)33-4-6-35-7-5-33;23-16-9-15(31-14-3-1-2-13(8-14)22(25,26)27)10-29-19(16)21(34)30-12-18-28-11-17(24)20(32-18)33-4-6-35-7-5-33/h2*1-3,8-11,31H,4-7,12H2,(H,30,34). The van der Waals surface area contributed by atoms with Crippen LogP contribution in [-0.4, -0.2) is 94.3 Å². The number of amides is 2. The molecule has 2 aliphatic rings. The lowest BCUT2D eigenvalue weighted by molar-refractivity contribution is -0.138. The summed E-state index contributed by atoms with van der Waals surface area (Å²) in [6.45, 7) is 3.74. The number of alkyl halides is 6. The van der Waals surface area contributed by atoms with Crippen LogP contribution in [0.15, 0.2) is 94.4 Å². The maximum atomic E-state index is 14.2. The highest BCUT2D eigenvalue weighted by Gasteiger charge is 2.31. The summed E-state index contributed by atoms with van der Waals surface area (Å²) in [4.78, 5) is 53.1. The molecule has 2 fully saturated rings. The second-order valence-electron chi connectivity index (χ2n) is 15.0. The molecule has 0 unspecified atom stereocenters. The van der Waals surface area contributed by atoms with E-state index in [1.807, 2.05) is 0 Å². The first-order valence-electron chi connectivity index (χ1n) is 20.9. The molecular weight excluding hydrogens is 1070 g/mol. The number of anilines is 6. The molecule has 4 aromatic heterocycles. The number of morpholine rings is 2. The number of hydrogen-bond acceptors (Lipinski definition) is 14. The van der Waals surface area contributed by atoms with Crippen molar-refractivity contribution < 1.29 is 54.2 Å². The maximum absolute atomic E-state index is 14.2. The van der Waals surface area contributed by atoms with Gasteiger partial charge in [-0.15, -0.1) is 0 Å². The van der Waals surface area contributed by atoms with Crippen molar-refractivity contribution in [1.82, 2.24) is 40.5 Å². The van der Waals surface area contributed by atoms with Gasteiger partial charge in [0.2, 0.25) is 0 Å². The summed E-state index contributed by atoms with van der Waals surface area (Å²) in [6, 6.07) is 12.4. The molecule has 6 aromatic rings. The van der Waals surface area contributed by atoms with Gasteiger partial charge in [0.1, 0.15) is 23.0 Å². The van der Waals surface area contributed by atoms with Gasteiger partial charge in [0, 0.05) is 42.0 Å². The summed E-state index contributed by atoms with van der Waals surface area (Å²) in [5.74, 6) is -1.44. The first kappa shape index (κ1) is 51.2. The lowest BCUT2D eigenvalue weighted by Crippen LogP contribution is -2.37. The summed E-state index contributed by atoms with van der Waals surface area (Å²) >= 11 is 6.57. The molecule has 4 N–H and O–H groups in total. The monoisotopic (exact) mass is 1110 g/mol. The van der Waals surface area contributed by atoms with E-state index in [1.165, 1.54) is 48.8 Å². The molecule has 368 valence electrons. The Morgan fingerprint density at radius 1 is 0.586 bits per heavy atom. The fourth-order valence-electron chi connectivity index (χ4n) is 6.63. The number of pyridine rings is 2. The Bertz CT molecular complexity index is 2820. The Kier molecular flexibility index (Phi) is 16.7. The largest absolute Gasteiger partial charge is 0.416 e. The molecular formula is C44H38Br2F8N12O4. The van der Waals surface area contributed by atoms with Gasteiger partial charge in [0.05, 0.1) is 91.3 Å². The molecule has 2 saturated heterocycles. The van der Waals surface area contributed by atoms with Crippen molar-refractivity contribution in [2.75, 3.05) is 73.0 Å². The Hall–Kier alpha value is -6.64. The maximum Gasteiger partial charge on any atom is 0.416 e. The van der Waals surface area contributed by atoms with Crippen LogP contribution < -0.4 is 31.1 Å². The minimum Gasteiger partial charge on any atom is -0.378 e. The minimum atomic E-state index is -4.47. The van der Waals surface area contributed by atoms with Gasteiger partial charge in [-0.05, 0) is 80.4 Å². The molecule has 0 radical (unpaired) electrons. The zero-order valence-electron chi connectivity index (χ0n) is 36.1. The van der Waals surface area contributed by atoms with Crippen LogP contribution in [0.25, 0.3) is 0 Å². The van der Waals surface area contributed by atoms with Crippen molar-refractivity contribution in [2.45, 2.75) is 25.4 Å². The normalized spacial score (nSPS) is 14.0. The van der Waals surface area contributed by atoms with E-state index in [0.29, 0.717) is 72.9 Å². The molecule has 6 heterocycles. The van der Waals surface area contributed by atoms with Crippen LogP contribution in [0, 0.1) is 11.6 Å². The van der Waals surface area contributed by atoms with Gasteiger partial charge in [0.25, 0.3) is 11.8 Å². The number of nitrogens with one attached hydrogen (secondary N) is 4. The summed E-state index contributed by atoms with van der Waals surface area (Å²) in [5, 5.41) is 10.9. The number of halogens is 10. The zero-order valence-corrected chi connectivity index (χ0v) is 39.3. The number of hydrogen-bond donors (Lipinski definition) is 4. The van der Waals surface area contributed by atoms with E-state index in [9.17, 15) is 44.7 Å². The molecule has 0 aliphatic carbocycles.